The minimum Gasteiger partial charge on any atom is -0.347 e. The molecule has 0 bridgehead atoms. The van der Waals surface area contributed by atoms with Gasteiger partial charge in [-0.3, -0.25) is 4.79 Å². The lowest BCUT2D eigenvalue weighted by atomic mass is 9.93. The zero-order valence-electron chi connectivity index (χ0n) is 18.6. The molecule has 3 aromatic rings. The van der Waals surface area contributed by atoms with Gasteiger partial charge in [-0.05, 0) is 18.2 Å². The Morgan fingerprint density at radius 1 is 1.09 bits per heavy atom. The molecule has 0 saturated carbocycles. The van der Waals surface area contributed by atoms with Crippen LogP contribution in [0.5, 0.6) is 0 Å². The minimum absolute atomic E-state index is 0.156. The first-order chi connectivity index (χ1) is 15.2. The van der Waals surface area contributed by atoms with Gasteiger partial charge in [-0.2, -0.15) is 5.10 Å². The molecule has 0 atom stereocenters. The summed E-state index contributed by atoms with van der Waals surface area (Å²) in [5, 5.41) is 4.72. The molecule has 0 aliphatic carbocycles. The third-order valence-corrected chi connectivity index (χ3v) is 6.16. The highest BCUT2D eigenvalue weighted by molar-refractivity contribution is 5.94. The van der Waals surface area contributed by atoms with E-state index in [1.165, 1.54) is 12.1 Å². The van der Waals surface area contributed by atoms with Crippen LogP contribution in [0.4, 0.5) is 4.39 Å². The summed E-state index contributed by atoms with van der Waals surface area (Å²) < 4.78 is 27.2. The Bertz CT molecular complexity index is 1170. The van der Waals surface area contributed by atoms with Crippen molar-refractivity contribution in [2.45, 2.75) is 44.8 Å². The molecule has 0 N–H and O–H groups in total. The molecular formula is C24H27FN4O3. The van der Waals surface area contributed by atoms with Gasteiger partial charge in [0.05, 0.1) is 24.6 Å². The molecule has 5 rings (SSSR count). The first kappa shape index (κ1) is 21.0. The van der Waals surface area contributed by atoms with E-state index in [-0.39, 0.29) is 17.1 Å². The highest BCUT2D eigenvalue weighted by atomic mass is 19.1. The van der Waals surface area contributed by atoms with Gasteiger partial charge in [-0.25, -0.2) is 13.9 Å². The lowest BCUT2D eigenvalue weighted by molar-refractivity contribution is -0.181. The Morgan fingerprint density at radius 2 is 1.81 bits per heavy atom. The summed E-state index contributed by atoms with van der Waals surface area (Å²) in [5.41, 5.74) is 2.81. The van der Waals surface area contributed by atoms with Gasteiger partial charge in [0.15, 0.2) is 11.4 Å². The summed E-state index contributed by atoms with van der Waals surface area (Å²) in [6, 6.07) is 9.90. The van der Waals surface area contributed by atoms with Crippen molar-refractivity contribution in [1.82, 2.24) is 19.5 Å². The summed E-state index contributed by atoms with van der Waals surface area (Å²) in [6.07, 6.45) is 1.27. The van der Waals surface area contributed by atoms with E-state index in [1.807, 2.05) is 12.1 Å². The number of carbonyl (C=O) groups is 1. The Kier molecular flexibility index (Phi) is 5.02. The highest BCUT2D eigenvalue weighted by Gasteiger charge is 2.41. The second kappa shape index (κ2) is 7.64. The maximum atomic E-state index is 14.0. The molecule has 1 amide bonds. The number of hydrogen-bond donors (Lipinski definition) is 0. The van der Waals surface area contributed by atoms with Crippen molar-refractivity contribution in [2.75, 3.05) is 26.3 Å². The van der Waals surface area contributed by atoms with Crippen LogP contribution in [-0.2, 0) is 14.9 Å². The summed E-state index contributed by atoms with van der Waals surface area (Å²) in [5.74, 6) is -1.05. The fraction of sp³-hybridized carbons (Fsp3) is 0.458. The highest BCUT2D eigenvalue weighted by Crippen LogP contribution is 2.32. The van der Waals surface area contributed by atoms with Gasteiger partial charge in [0, 0.05) is 43.0 Å². The second-order valence-electron chi connectivity index (χ2n) is 9.49. The SMILES string of the molecule is CC(C)(C)c1cc2nc(C(=O)N3CCC4(CC3)OCCO4)cc(-c3cccc(F)c3)n2n1. The van der Waals surface area contributed by atoms with Crippen molar-refractivity contribution in [1.29, 1.82) is 0 Å². The maximum absolute atomic E-state index is 14.0. The summed E-state index contributed by atoms with van der Waals surface area (Å²) >= 11 is 0. The van der Waals surface area contributed by atoms with Crippen LogP contribution in [0.25, 0.3) is 16.9 Å². The van der Waals surface area contributed by atoms with Crippen molar-refractivity contribution >= 4 is 11.6 Å². The average molecular weight is 439 g/mol. The first-order valence-electron chi connectivity index (χ1n) is 11.0. The number of carbonyl (C=O) groups excluding carboxylic acids is 1. The van der Waals surface area contributed by atoms with Crippen LogP contribution in [0.3, 0.4) is 0 Å². The Labute approximate surface area is 186 Å². The Morgan fingerprint density at radius 3 is 2.47 bits per heavy atom. The summed E-state index contributed by atoms with van der Waals surface area (Å²) in [7, 11) is 0. The number of piperidine rings is 1. The number of likely N-dealkylation sites (tertiary alicyclic amines) is 1. The van der Waals surface area contributed by atoms with Gasteiger partial charge in [0.1, 0.15) is 11.5 Å². The zero-order chi connectivity index (χ0) is 22.5. The number of halogens is 1. The molecule has 0 radical (unpaired) electrons. The molecule has 32 heavy (non-hydrogen) atoms. The van der Waals surface area contributed by atoms with Gasteiger partial charge in [-0.15, -0.1) is 0 Å². The normalized spacial score (nSPS) is 18.6. The molecule has 8 heteroatoms. The number of hydrogen-bond acceptors (Lipinski definition) is 5. The Balaban J connectivity index is 1.54. The fourth-order valence-corrected chi connectivity index (χ4v) is 4.30. The van der Waals surface area contributed by atoms with Crippen molar-refractivity contribution in [2.24, 2.45) is 0 Å². The molecule has 2 aliphatic rings. The predicted molar refractivity (Wildman–Crippen MR) is 117 cm³/mol. The van der Waals surface area contributed by atoms with E-state index in [1.54, 1.807) is 21.5 Å². The van der Waals surface area contributed by atoms with E-state index < -0.39 is 5.79 Å². The van der Waals surface area contributed by atoms with Crippen LogP contribution >= 0.6 is 0 Å². The van der Waals surface area contributed by atoms with Gasteiger partial charge in [0.2, 0.25) is 0 Å². The molecule has 1 aromatic carbocycles. The number of benzene rings is 1. The monoisotopic (exact) mass is 438 g/mol. The van der Waals surface area contributed by atoms with Crippen molar-refractivity contribution in [3.8, 4) is 11.3 Å². The molecule has 7 nitrogen and oxygen atoms in total. The third kappa shape index (κ3) is 3.78. The largest absolute Gasteiger partial charge is 0.347 e. The van der Waals surface area contributed by atoms with Crippen LogP contribution < -0.4 is 0 Å². The molecule has 2 saturated heterocycles. The average Bonchev–Trinajstić information content (AvgIpc) is 3.40. The van der Waals surface area contributed by atoms with Gasteiger partial charge in [-0.1, -0.05) is 32.9 Å². The maximum Gasteiger partial charge on any atom is 0.272 e. The number of amides is 1. The van der Waals surface area contributed by atoms with Gasteiger partial charge >= 0.3 is 0 Å². The van der Waals surface area contributed by atoms with E-state index in [4.69, 9.17) is 14.6 Å². The third-order valence-electron chi connectivity index (χ3n) is 6.16. The van der Waals surface area contributed by atoms with Crippen LogP contribution in [0.15, 0.2) is 36.4 Å². The number of rotatable bonds is 2. The minimum atomic E-state index is -0.548. The number of nitrogens with zero attached hydrogens (tertiary/aromatic N) is 4. The van der Waals surface area contributed by atoms with Crippen LogP contribution in [0, 0.1) is 5.82 Å². The van der Waals surface area contributed by atoms with Crippen molar-refractivity contribution in [3.05, 3.63) is 53.6 Å². The molecular weight excluding hydrogens is 411 g/mol. The van der Waals surface area contributed by atoms with Crippen LogP contribution in [0.2, 0.25) is 0 Å². The molecule has 0 unspecified atom stereocenters. The summed E-state index contributed by atoms with van der Waals surface area (Å²) in [6.45, 7) is 8.47. The Hall–Kier alpha value is -2.84. The van der Waals surface area contributed by atoms with E-state index in [0.29, 0.717) is 61.7 Å². The molecule has 2 aromatic heterocycles. The topological polar surface area (TPSA) is 69.0 Å². The lowest BCUT2D eigenvalue weighted by Gasteiger charge is -2.37. The van der Waals surface area contributed by atoms with Gasteiger partial charge in [0.25, 0.3) is 5.91 Å². The number of ether oxygens (including phenoxy) is 2. The second-order valence-corrected chi connectivity index (χ2v) is 9.49. The summed E-state index contributed by atoms with van der Waals surface area (Å²) in [4.78, 5) is 19.8. The molecule has 4 heterocycles. The van der Waals surface area contributed by atoms with Crippen molar-refractivity contribution in [3.63, 3.8) is 0 Å². The zero-order valence-corrected chi connectivity index (χ0v) is 18.6. The van der Waals surface area contributed by atoms with E-state index in [2.05, 4.69) is 25.8 Å². The van der Waals surface area contributed by atoms with E-state index in [9.17, 15) is 9.18 Å². The van der Waals surface area contributed by atoms with Gasteiger partial charge < -0.3 is 14.4 Å². The number of aromatic nitrogens is 3. The smallest absolute Gasteiger partial charge is 0.272 e. The van der Waals surface area contributed by atoms with Crippen molar-refractivity contribution < 1.29 is 18.7 Å². The lowest BCUT2D eigenvalue weighted by Crippen LogP contribution is -2.47. The molecule has 168 valence electrons. The predicted octanol–water partition coefficient (Wildman–Crippen LogP) is 3.81. The van der Waals surface area contributed by atoms with Crippen LogP contribution in [-0.4, -0.2) is 57.5 Å². The van der Waals surface area contributed by atoms with E-state index in [0.717, 1.165) is 5.69 Å². The molecule has 1 spiro atoms. The molecule has 2 fully saturated rings. The fourth-order valence-electron chi connectivity index (χ4n) is 4.30. The van der Waals surface area contributed by atoms with Crippen LogP contribution in [0.1, 0.15) is 49.8 Å². The molecule has 2 aliphatic heterocycles. The van der Waals surface area contributed by atoms with E-state index >= 15 is 0 Å². The quantitative estimate of drug-likeness (QED) is 0.609. The standard InChI is InChI=1S/C24H27FN4O3/c1-23(2,3)20-15-21-26-18(14-19(29(21)27-20)16-5-4-6-17(25)13-16)22(30)28-9-7-24(8-10-28)31-11-12-32-24/h4-6,13-15H,7-12H2,1-3H3. The first-order valence-corrected chi connectivity index (χ1v) is 11.0. The number of fused-ring (bicyclic) bond motifs is 1.